The molecular weight excluding hydrogens is 614 g/mol. The second kappa shape index (κ2) is 14.2. The van der Waals surface area contributed by atoms with Crippen molar-refractivity contribution in [2.24, 2.45) is 0 Å². The van der Waals surface area contributed by atoms with Crippen LogP contribution in [0.2, 0.25) is 0 Å². The molecule has 0 spiro atoms. The number of fused-ring (bicyclic) bond motifs is 2. The maximum absolute atomic E-state index is 13.0. The molecule has 0 bridgehead atoms. The zero-order chi connectivity index (χ0) is 33.6. The molecule has 240 valence electrons. The van der Waals surface area contributed by atoms with E-state index in [2.05, 4.69) is 59.0 Å². The van der Waals surface area contributed by atoms with Crippen LogP contribution in [-0.4, -0.2) is 9.97 Å². The van der Waals surface area contributed by atoms with Crippen LogP contribution in [0.15, 0.2) is 165 Å². The zero-order valence-electron chi connectivity index (χ0n) is 26.5. The van der Waals surface area contributed by atoms with Gasteiger partial charge in [0.2, 0.25) is 0 Å². The fraction of sp³-hybridized carbons (Fsp3) is 0.0233. The summed E-state index contributed by atoms with van der Waals surface area (Å²) in [5.74, 6) is 2.13. The Hall–Kier alpha value is -6.40. The summed E-state index contributed by atoms with van der Waals surface area (Å²) in [6.45, 7) is 3.82. The Morgan fingerprint density at radius 3 is 1.51 bits per heavy atom. The molecule has 0 saturated carbocycles. The molecule has 0 amide bonds. The molecule has 4 nitrogen and oxygen atoms in total. The molecule has 49 heavy (non-hydrogen) atoms. The van der Waals surface area contributed by atoms with Gasteiger partial charge in [-0.1, -0.05) is 42.5 Å². The van der Waals surface area contributed by atoms with Gasteiger partial charge in [-0.05, 0) is 143 Å². The molecule has 0 aliphatic carbocycles. The van der Waals surface area contributed by atoms with Gasteiger partial charge < -0.3 is 19.4 Å². The van der Waals surface area contributed by atoms with E-state index in [4.69, 9.17) is 9.47 Å². The zero-order valence-corrected chi connectivity index (χ0v) is 26.5. The van der Waals surface area contributed by atoms with Crippen LogP contribution < -0.4 is 9.47 Å². The third-order valence-electron chi connectivity index (χ3n) is 8.16. The summed E-state index contributed by atoms with van der Waals surface area (Å²) in [5, 5.41) is 2.41. The molecule has 2 aromatic heterocycles. The van der Waals surface area contributed by atoms with Gasteiger partial charge in [-0.15, -0.1) is 6.58 Å². The van der Waals surface area contributed by atoms with Gasteiger partial charge in [0.1, 0.15) is 34.6 Å². The Kier molecular flexibility index (Phi) is 9.02. The molecular formula is C43H32F2N2O2. The number of benzene rings is 6. The summed E-state index contributed by atoms with van der Waals surface area (Å²) >= 11 is 0. The third kappa shape index (κ3) is 7.45. The average molecular weight is 647 g/mol. The van der Waals surface area contributed by atoms with Crippen molar-refractivity contribution in [3.8, 4) is 45.3 Å². The number of halogens is 2. The molecule has 6 heteroatoms. The third-order valence-corrected chi connectivity index (χ3v) is 8.16. The highest BCUT2D eigenvalue weighted by Gasteiger charge is 2.07. The van der Waals surface area contributed by atoms with E-state index in [0.717, 1.165) is 51.2 Å². The van der Waals surface area contributed by atoms with Crippen LogP contribution in [0.3, 0.4) is 0 Å². The molecule has 0 radical (unpaired) electrons. The standard InChI is InChI=1S/C23H18FNO.C20H14FNO/c1-2-3-18-15-25-23-13-6-17(14-22(18)23)16-4-9-20(10-5-16)26-21-11-7-19(24)8-12-21;21-17-4-8-19(9-5-17)23-18-6-1-14(2-7-18)15-3-10-20-16(13-15)11-12-22-20/h2,4-15,25H,1,3H2;1-13,22H. The van der Waals surface area contributed by atoms with Gasteiger partial charge in [0.25, 0.3) is 0 Å². The molecule has 6 aromatic carbocycles. The summed E-state index contributed by atoms with van der Waals surface area (Å²) in [6, 6.07) is 42.6. The van der Waals surface area contributed by atoms with Crippen LogP contribution in [0.5, 0.6) is 23.0 Å². The monoisotopic (exact) mass is 646 g/mol. The van der Waals surface area contributed by atoms with Crippen molar-refractivity contribution in [1.82, 2.24) is 9.97 Å². The van der Waals surface area contributed by atoms with E-state index in [-0.39, 0.29) is 11.6 Å². The van der Waals surface area contributed by atoms with Gasteiger partial charge in [-0.25, -0.2) is 8.78 Å². The molecule has 0 saturated heterocycles. The molecule has 0 aliphatic heterocycles. The van der Waals surface area contributed by atoms with Gasteiger partial charge in [0.15, 0.2) is 0 Å². The molecule has 8 aromatic rings. The number of H-pyrrole nitrogens is 2. The Morgan fingerprint density at radius 1 is 0.510 bits per heavy atom. The molecule has 0 atom stereocenters. The van der Waals surface area contributed by atoms with Crippen molar-refractivity contribution < 1.29 is 18.3 Å². The first-order chi connectivity index (χ1) is 24.0. The first kappa shape index (κ1) is 31.2. The highest BCUT2D eigenvalue weighted by molar-refractivity contribution is 5.88. The molecule has 0 unspecified atom stereocenters. The molecule has 0 aliphatic rings. The smallest absolute Gasteiger partial charge is 0.127 e. The average Bonchev–Trinajstić information content (AvgIpc) is 3.78. The maximum atomic E-state index is 13.0. The number of aromatic amines is 2. The lowest BCUT2D eigenvalue weighted by atomic mass is 10.0. The quantitative estimate of drug-likeness (QED) is 0.161. The summed E-state index contributed by atoms with van der Waals surface area (Å²) in [5.41, 5.74) is 8.05. The number of hydrogen-bond donors (Lipinski definition) is 2. The summed E-state index contributed by atoms with van der Waals surface area (Å²) < 4.78 is 37.3. The topological polar surface area (TPSA) is 50.0 Å². The van der Waals surface area contributed by atoms with E-state index in [0.29, 0.717) is 11.5 Å². The SMILES string of the molecule is C=CCc1c[nH]c2ccc(-c3ccc(Oc4ccc(F)cc4)cc3)cc12.Fc1ccc(Oc2ccc(-c3ccc4[nH]ccc4c3)cc2)cc1. The van der Waals surface area contributed by atoms with E-state index in [1.807, 2.05) is 67.0 Å². The first-order valence-electron chi connectivity index (χ1n) is 15.9. The van der Waals surface area contributed by atoms with Gasteiger partial charge in [0.05, 0.1) is 0 Å². The lowest BCUT2D eigenvalue weighted by Gasteiger charge is -2.07. The summed E-state index contributed by atoms with van der Waals surface area (Å²) in [6.07, 6.45) is 6.73. The molecule has 0 fully saturated rings. The van der Waals surface area contributed by atoms with E-state index in [1.54, 1.807) is 24.3 Å². The van der Waals surface area contributed by atoms with Gasteiger partial charge in [0, 0.05) is 28.8 Å². The minimum atomic E-state index is -0.274. The number of ether oxygens (including phenoxy) is 2. The van der Waals surface area contributed by atoms with Crippen LogP contribution in [-0.2, 0) is 6.42 Å². The summed E-state index contributed by atoms with van der Waals surface area (Å²) in [4.78, 5) is 6.49. The minimum Gasteiger partial charge on any atom is -0.457 e. The number of nitrogens with one attached hydrogen (secondary N) is 2. The number of hydrogen-bond acceptors (Lipinski definition) is 2. The van der Waals surface area contributed by atoms with Crippen LogP contribution in [0.25, 0.3) is 44.1 Å². The van der Waals surface area contributed by atoms with Crippen LogP contribution in [0, 0.1) is 11.6 Å². The van der Waals surface area contributed by atoms with Crippen LogP contribution >= 0.6 is 0 Å². The second-order valence-corrected chi connectivity index (χ2v) is 11.5. The van der Waals surface area contributed by atoms with E-state index < -0.39 is 0 Å². The van der Waals surface area contributed by atoms with Crippen LogP contribution in [0.1, 0.15) is 5.56 Å². The van der Waals surface area contributed by atoms with E-state index >= 15 is 0 Å². The minimum absolute atomic E-state index is 0.271. The lowest BCUT2D eigenvalue weighted by Crippen LogP contribution is -1.85. The fourth-order valence-corrected chi connectivity index (χ4v) is 5.62. The predicted octanol–water partition coefficient (Wildman–Crippen LogP) is 12.3. The fourth-order valence-electron chi connectivity index (χ4n) is 5.62. The van der Waals surface area contributed by atoms with E-state index in [1.165, 1.54) is 40.6 Å². The Labute approximate surface area is 282 Å². The molecule has 8 rings (SSSR count). The number of allylic oxidation sites excluding steroid dienone is 1. The Bertz CT molecular complexity index is 2320. The Balaban J connectivity index is 0.000000155. The van der Waals surface area contributed by atoms with Crippen molar-refractivity contribution in [2.75, 3.05) is 0 Å². The molecule has 2 N–H and O–H groups in total. The highest BCUT2D eigenvalue weighted by Crippen LogP contribution is 2.30. The van der Waals surface area contributed by atoms with Crippen molar-refractivity contribution in [3.63, 3.8) is 0 Å². The van der Waals surface area contributed by atoms with Gasteiger partial charge in [-0.3, -0.25) is 0 Å². The maximum Gasteiger partial charge on any atom is 0.127 e. The van der Waals surface area contributed by atoms with E-state index in [9.17, 15) is 8.78 Å². The largest absolute Gasteiger partial charge is 0.457 e. The van der Waals surface area contributed by atoms with Crippen molar-refractivity contribution in [3.05, 3.63) is 182 Å². The van der Waals surface area contributed by atoms with Crippen molar-refractivity contribution >= 4 is 21.8 Å². The highest BCUT2D eigenvalue weighted by atomic mass is 19.1. The first-order valence-corrected chi connectivity index (χ1v) is 15.9. The normalized spacial score (nSPS) is 10.8. The Morgan fingerprint density at radius 2 is 0.980 bits per heavy atom. The molecule has 2 heterocycles. The lowest BCUT2D eigenvalue weighted by molar-refractivity contribution is 0.480. The van der Waals surface area contributed by atoms with Crippen molar-refractivity contribution in [2.45, 2.75) is 6.42 Å². The van der Waals surface area contributed by atoms with Gasteiger partial charge in [-0.2, -0.15) is 0 Å². The number of aromatic nitrogens is 2. The van der Waals surface area contributed by atoms with Crippen LogP contribution in [0.4, 0.5) is 8.78 Å². The number of rotatable bonds is 8. The summed E-state index contributed by atoms with van der Waals surface area (Å²) in [7, 11) is 0. The van der Waals surface area contributed by atoms with Gasteiger partial charge >= 0.3 is 0 Å². The predicted molar refractivity (Wildman–Crippen MR) is 194 cm³/mol. The van der Waals surface area contributed by atoms with Crippen molar-refractivity contribution in [1.29, 1.82) is 0 Å². The second-order valence-electron chi connectivity index (χ2n) is 11.5.